The number of nitrogens with zero attached hydrogens (tertiary/aromatic N) is 5. The molecule has 9 heteroatoms. The van der Waals surface area contributed by atoms with Crippen molar-refractivity contribution in [3.8, 4) is 0 Å². The van der Waals surface area contributed by atoms with Crippen LogP contribution in [0.1, 0.15) is 37.5 Å². The van der Waals surface area contributed by atoms with E-state index in [4.69, 9.17) is 9.26 Å². The van der Waals surface area contributed by atoms with Crippen molar-refractivity contribution in [3.05, 3.63) is 24.1 Å². The quantitative estimate of drug-likeness (QED) is 0.898. The molecule has 9 nitrogen and oxygen atoms in total. The fourth-order valence-electron chi connectivity index (χ4n) is 2.85. The third kappa shape index (κ3) is 3.40. The molecule has 0 radical (unpaired) electrons. The molecule has 130 valence electrons. The summed E-state index contributed by atoms with van der Waals surface area (Å²) in [6.07, 6.45) is 5.01. The van der Waals surface area contributed by atoms with Crippen molar-refractivity contribution >= 4 is 11.7 Å². The summed E-state index contributed by atoms with van der Waals surface area (Å²) < 4.78 is 12.5. The van der Waals surface area contributed by atoms with Gasteiger partial charge in [-0.2, -0.15) is 10.1 Å². The van der Waals surface area contributed by atoms with E-state index in [0.29, 0.717) is 30.4 Å². The summed E-state index contributed by atoms with van der Waals surface area (Å²) >= 11 is 0. The van der Waals surface area contributed by atoms with Gasteiger partial charge in [0.2, 0.25) is 5.89 Å². The van der Waals surface area contributed by atoms with Crippen molar-refractivity contribution in [1.82, 2.24) is 24.8 Å². The summed E-state index contributed by atoms with van der Waals surface area (Å²) in [6, 6.07) is -0.520. The zero-order valence-corrected chi connectivity index (χ0v) is 14.1. The second kappa shape index (κ2) is 7.00. The number of methoxy groups -OCH3 is 1. The largest absolute Gasteiger partial charge is 0.380 e. The molecule has 0 aromatic carbocycles. The Morgan fingerprint density at radius 2 is 2.38 bits per heavy atom. The zero-order valence-electron chi connectivity index (χ0n) is 14.1. The van der Waals surface area contributed by atoms with Crippen LogP contribution in [0.5, 0.6) is 0 Å². The Morgan fingerprint density at radius 1 is 1.54 bits per heavy atom. The molecule has 1 fully saturated rings. The van der Waals surface area contributed by atoms with Crippen LogP contribution in [0.4, 0.5) is 10.5 Å². The van der Waals surface area contributed by atoms with E-state index in [1.807, 2.05) is 6.20 Å². The summed E-state index contributed by atoms with van der Waals surface area (Å²) in [6.45, 7) is 5.11. The third-order valence-electron chi connectivity index (χ3n) is 4.02. The first kappa shape index (κ1) is 16.4. The maximum atomic E-state index is 12.7. The van der Waals surface area contributed by atoms with Crippen LogP contribution < -0.4 is 5.32 Å². The SMILES string of the molecule is CCCn1cc(NC(=O)N2C[C@H](OC)C[C@@H]2c2nc(C)no2)cn1. The molecule has 2 aromatic heterocycles. The molecule has 2 amide bonds. The monoisotopic (exact) mass is 334 g/mol. The number of rotatable bonds is 5. The second-order valence-electron chi connectivity index (χ2n) is 5.86. The van der Waals surface area contributed by atoms with Gasteiger partial charge in [-0.05, 0) is 13.3 Å². The molecule has 24 heavy (non-hydrogen) atoms. The minimum atomic E-state index is -0.290. The predicted molar refractivity (Wildman–Crippen MR) is 85.4 cm³/mol. The van der Waals surface area contributed by atoms with E-state index in [0.717, 1.165) is 13.0 Å². The molecular weight excluding hydrogens is 312 g/mol. The number of amides is 2. The number of likely N-dealkylation sites (tertiary alicyclic amines) is 1. The van der Waals surface area contributed by atoms with Crippen LogP contribution in [0, 0.1) is 6.92 Å². The number of carbonyl (C=O) groups excluding carboxylic acids is 1. The average molecular weight is 334 g/mol. The van der Waals surface area contributed by atoms with Crippen LogP contribution in [-0.2, 0) is 11.3 Å². The van der Waals surface area contributed by atoms with Gasteiger partial charge in [-0.25, -0.2) is 4.79 Å². The van der Waals surface area contributed by atoms with Crippen molar-refractivity contribution in [2.75, 3.05) is 19.0 Å². The van der Waals surface area contributed by atoms with Crippen LogP contribution in [0.2, 0.25) is 0 Å². The molecule has 3 rings (SSSR count). The molecule has 0 unspecified atom stereocenters. The lowest BCUT2D eigenvalue weighted by molar-refractivity contribution is 0.111. The summed E-state index contributed by atoms with van der Waals surface area (Å²) in [4.78, 5) is 18.6. The maximum absolute atomic E-state index is 12.7. The van der Waals surface area contributed by atoms with Gasteiger partial charge in [-0.1, -0.05) is 12.1 Å². The minimum absolute atomic E-state index is 0.0595. The lowest BCUT2D eigenvalue weighted by Gasteiger charge is -2.21. The van der Waals surface area contributed by atoms with Crippen LogP contribution in [0.25, 0.3) is 0 Å². The number of nitrogens with one attached hydrogen (secondary N) is 1. The lowest BCUT2D eigenvalue weighted by Crippen LogP contribution is -2.35. The number of urea groups is 1. The number of carbonyl (C=O) groups is 1. The van der Waals surface area contributed by atoms with Gasteiger partial charge in [-0.3, -0.25) is 4.68 Å². The highest BCUT2D eigenvalue weighted by molar-refractivity contribution is 5.89. The Balaban J connectivity index is 1.73. The molecule has 1 aliphatic rings. The first-order chi connectivity index (χ1) is 11.6. The molecule has 1 saturated heterocycles. The summed E-state index contributed by atoms with van der Waals surface area (Å²) in [7, 11) is 1.64. The van der Waals surface area contributed by atoms with Crippen LogP contribution >= 0.6 is 0 Å². The van der Waals surface area contributed by atoms with Crippen LogP contribution in [-0.4, -0.2) is 50.6 Å². The molecule has 0 bridgehead atoms. The molecule has 3 heterocycles. The van der Waals surface area contributed by atoms with E-state index in [1.165, 1.54) is 0 Å². The van der Waals surface area contributed by atoms with E-state index in [-0.39, 0.29) is 18.2 Å². The van der Waals surface area contributed by atoms with Gasteiger partial charge in [0.1, 0.15) is 6.04 Å². The Morgan fingerprint density at radius 3 is 3.04 bits per heavy atom. The molecule has 1 aliphatic heterocycles. The molecule has 0 aliphatic carbocycles. The lowest BCUT2D eigenvalue weighted by atomic mass is 10.2. The van der Waals surface area contributed by atoms with Gasteiger partial charge in [0.25, 0.3) is 0 Å². The Bertz CT molecular complexity index is 697. The van der Waals surface area contributed by atoms with Crippen molar-refractivity contribution < 1.29 is 14.1 Å². The average Bonchev–Trinajstić information content (AvgIpc) is 3.27. The Hall–Kier alpha value is -2.42. The van der Waals surface area contributed by atoms with Gasteiger partial charge in [-0.15, -0.1) is 0 Å². The standard InChI is InChI=1S/C15H22N6O3/c1-4-5-20-8-11(7-16-20)18-15(22)21-9-12(23-3)6-13(21)14-17-10(2)19-24-14/h7-8,12-13H,4-6,9H2,1-3H3,(H,18,22)/t12-,13-/m1/s1. The third-order valence-corrected chi connectivity index (χ3v) is 4.02. The van der Waals surface area contributed by atoms with Gasteiger partial charge in [0, 0.05) is 32.8 Å². The fraction of sp³-hybridized carbons (Fsp3) is 0.600. The second-order valence-corrected chi connectivity index (χ2v) is 5.86. The van der Waals surface area contributed by atoms with E-state index < -0.39 is 0 Å². The van der Waals surface area contributed by atoms with Crippen molar-refractivity contribution in [2.45, 2.75) is 45.4 Å². The van der Waals surface area contributed by atoms with Crippen LogP contribution in [0.3, 0.4) is 0 Å². The minimum Gasteiger partial charge on any atom is -0.380 e. The number of aryl methyl sites for hydroxylation is 2. The topological polar surface area (TPSA) is 98.3 Å². The molecular formula is C15H22N6O3. The first-order valence-electron chi connectivity index (χ1n) is 8.03. The van der Waals surface area contributed by atoms with Gasteiger partial charge >= 0.3 is 6.03 Å². The zero-order chi connectivity index (χ0) is 17.1. The van der Waals surface area contributed by atoms with Gasteiger partial charge in [0.15, 0.2) is 5.82 Å². The van der Waals surface area contributed by atoms with Gasteiger partial charge < -0.3 is 19.5 Å². The molecule has 0 spiro atoms. The van der Waals surface area contributed by atoms with E-state index >= 15 is 0 Å². The normalized spacial score (nSPS) is 20.5. The first-order valence-corrected chi connectivity index (χ1v) is 8.03. The number of anilines is 1. The summed E-state index contributed by atoms with van der Waals surface area (Å²) in [5.74, 6) is 0.982. The number of ether oxygens (including phenoxy) is 1. The van der Waals surface area contributed by atoms with Crippen molar-refractivity contribution in [1.29, 1.82) is 0 Å². The van der Waals surface area contributed by atoms with Crippen LogP contribution in [0.15, 0.2) is 16.9 Å². The highest BCUT2D eigenvalue weighted by atomic mass is 16.5. The Kier molecular flexibility index (Phi) is 4.79. The number of aromatic nitrogens is 4. The van der Waals surface area contributed by atoms with Crippen molar-refractivity contribution in [3.63, 3.8) is 0 Å². The Labute approximate surface area is 140 Å². The van der Waals surface area contributed by atoms with E-state index in [1.54, 1.807) is 29.8 Å². The maximum Gasteiger partial charge on any atom is 0.322 e. The molecule has 1 N–H and O–H groups in total. The van der Waals surface area contributed by atoms with E-state index in [2.05, 4.69) is 27.5 Å². The molecule has 0 saturated carbocycles. The number of hydrogen-bond acceptors (Lipinski definition) is 6. The smallest absolute Gasteiger partial charge is 0.322 e. The highest BCUT2D eigenvalue weighted by Crippen LogP contribution is 2.32. The van der Waals surface area contributed by atoms with E-state index in [9.17, 15) is 4.79 Å². The van der Waals surface area contributed by atoms with Gasteiger partial charge in [0.05, 0.1) is 18.0 Å². The molecule has 2 aromatic rings. The predicted octanol–water partition coefficient (Wildman–Crippen LogP) is 1.98. The summed E-state index contributed by atoms with van der Waals surface area (Å²) in [5, 5.41) is 10.9. The number of hydrogen-bond donors (Lipinski definition) is 1. The summed E-state index contributed by atoms with van der Waals surface area (Å²) in [5.41, 5.74) is 0.662. The van der Waals surface area contributed by atoms with Crippen molar-refractivity contribution in [2.24, 2.45) is 0 Å². The molecule has 2 atom stereocenters. The highest BCUT2D eigenvalue weighted by Gasteiger charge is 2.39. The fourth-order valence-corrected chi connectivity index (χ4v) is 2.85.